The highest BCUT2D eigenvalue weighted by atomic mass is 16.5. The molecule has 1 saturated heterocycles. The van der Waals surface area contributed by atoms with E-state index < -0.39 is 6.09 Å². The number of benzene rings is 1. The molecule has 1 aliphatic carbocycles. The summed E-state index contributed by atoms with van der Waals surface area (Å²) in [5.74, 6) is 0.707. The predicted octanol–water partition coefficient (Wildman–Crippen LogP) is 6.19. The van der Waals surface area contributed by atoms with Crippen LogP contribution < -0.4 is 10.2 Å². The number of nitriles is 1. The number of carbonyl (C=O) groups is 2. The minimum Gasteiger partial charge on any atom is -0.453 e. The molecule has 0 radical (unpaired) electrons. The summed E-state index contributed by atoms with van der Waals surface area (Å²) in [5.41, 5.74) is 2.12. The van der Waals surface area contributed by atoms with Crippen LogP contribution in [0.15, 0.2) is 18.2 Å². The van der Waals surface area contributed by atoms with Crippen molar-refractivity contribution in [2.75, 3.05) is 37.5 Å². The molecule has 1 aromatic carbocycles. The maximum absolute atomic E-state index is 11.3. The van der Waals surface area contributed by atoms with Crippen LogP contribution in [0.4, 0.5) is 16.2 Å². The van der Waals surface area contributed by atoms with Crippen LogP contribution in [0.3, 0.4) is 0 Å². The largest absolute Gasteiger partial charge is 0.453 e. The zero-order valence-corrected chi connectivity index (χ0v) is 21.8. The molecule has 1 N–H and O–H groups in total. The zero-order chi connectivity index (χ0) is 25.3. The summed E-state index contributed by atoms with van der Waals surface area (Å²) in [4.78, 5) is 25.7. The first-order chi connectivity index (χ1) is 16.5. The lowest BCUT2D eigenvalue weighted by molar-refractivity contribution is -0.119. The van der Waals surface area contributed by atoms with Gasteiger partial charge in [-0.2, -0.15) is 5.26 Å². The van der Waals surface area contributed by atoms with Gasteiger partial charge >= 0.3 is 6.09 Å². The Labute approximate surface area is 206 Å². The Morgan fingerprint density at radius 2 is 1.94 bits per heavy atom. The molecule has 190 valence electrons. The van der Waals surface area contributed by atoms with Gasteiger partial charge in [0.2, 0.25) is 6.41 Å². The van der Waals surface area contributed by atoms with E-state index in [0.717, 1.165) is 31.6 Å². The van der Waals surface area contributed by atoms with Crippen molar-refractivity contribution in [3.8, 4) is 6.07 Å². The molecule has 0 bridgehead atoms. The Morgan fingerprint density at radius 1 is 1.24 bits per heavy atom. The van der Waals surface area contributed by atoms with Gasteiger partial charge in [-0.15, -0.1) is 0 Å². The maximum Gasteiger partial charge on any atom is 0.411 e. The molecule has 7 heteroatoms. The van der Waals surface area contributed by atoms with E-state index in [4.69, 9.17) is 0 Å². The topological polar surface area (TPSA) is 85.7 Å². The fraction of sp³-hybridized carbons (Fsp3) is 0.667. The van der Waals surface area contributed by atoms with Gasteiger partial charge < -0.3 is 14.5 Å². The molecule has 1 aromatic rings. The van der Waals surface area contributed by atoms with Gasteiger partial charge in [-0.1, -0.05) is 46.5 Å². The Hall–Kier alpha value is -2.75. The first-order valence-electron chi connectivity index (χ1n) is 12.8. The van der Waals surface area contributed by atoms with Gasteiger partial charge in [-0.3, -0.25) is 10.1 Å². The third-order valence-electron chi connectivity index (χ3n) is 6.42. The van der Waals surface area contributed by atoms with Gasteiger partial charge in [0.25, 0.3) is 0 Å². The Kier molecular flexibility index (Phi) is 14.5. The number of anilines is 2. The molecule has 34 heavy (non-hydrogen) atoms. The molecule has 2 amide bonds. The molecular formula is C27H44N4O3. The van der Waals surface area contributed by atoms with Crippen LogP contribution in [0, 0.1) is 17.2 Å². The lowest BCUT2D eigenvalue weighted by atomic mass is 9.93. The van der Waals surface area contributed by atoms with Crippen LogP contribution >= 0.6 is 0 Å². The van der Waals surface area contributed by atoms with Crippen molar-refractivity contribution in [3.63, 3.8) is 0 Å². The number of amides is 2. The highest BCUT2D eigenvalue weighted by Crippen LogP contribution is 2.29. The van der Waals surface area contributed by atoms with Gasteiger partial charge in [0, 0.05) is 31.9 Å². The number of rotatable bonds is 6. The van der Waals surface area contributed by atoms with Gasteiger partial charge in [0.15, 0.2) is 0 Å². The lowest BCUT2D eigenvalue weighted by Crippen LogP contribution is -2.35. The van der Waals surface area contributed by atoms with E-state index in [1.165, 1.54) is 58.5 Å². The number of piperidine rings is 1. The minimum atomic E-state index is -0.530. The number of ether oxygens (including phenoxy) is 1. The molecule has 0 aromatic heterocycles. The smallest absolute Gasteiger partial charge is 0.411 e. The first kappa shape index (κ1) is 29.3. The van der Waals surface area contributed by atoms with E-state index in [2.05, 4.69) is 27.9 Å². The predicted molar refractivity (Wildman–Crippen MR) is 139 cm³/mol. The van der Waals surface area contributed by atoms with Gasteiger partial charge in [0.05, 0.1) is 18.4 Å². The molecule has 2 fully saturated rings. The van der Waals surface area contributed by atoms with Crippen molar-refractivity contribution in [1.29, 1.82) is 5.26 Å². The average Bonchev–Trinajstić information content (AvgIpc) is 2.90. The Morgan fingerprint density at radius 3 is 2.53 bits per heavy atom. The van der Waals surface area contributed by atoms with Crippen LogP contribution in [-0.4, -0.2) is 50.7 Å². The number of methoxy groups -OCH3 is 1. The van der Waals surface area contributed by atoms with E-state index in [-0.39, 0.29) is 0 Å². The SMILES string of the molecule is CC.CCCC1CCCN(c2ccc(NC(=O)OC)cc2C#N)C1.CN(C=O)C1CCCCC1. The van der Waals surface area contributed by atoms with Crippen LogP contribution in [0.5, 0.6) is 0 Å². The van der Waals surface area contributed by atoms with Gasteiger partial charge in [-0.25, -0.2) is 4.79 Å². The summed E-state index contributed by atoms with van der Waals surface area (Å²) >= 11 is 0. The number of hydrogen-bond donors (Lipinski definition) is 1. The third kappa shape index (κ3) is 9.62. The molecule has 1 saturated carbocycles. The second kappa shape index (κ2) is 16.8. The molecular weight excluding hydrogens is 428 g/mol. The second-order valence-corrected chi connectivity index (χ2v) is 8.77. The number of carbonyl (C=O) groups excluding carboxylic acids is 2. The van der Waals surface area contributed by atoms with Crippen molar-refractivity contribution in [2.24, 2.45) is 5.92 Å². The molecule has 1 aliphatic heterocycles. The number of hydrogen-bond acceptors (Lipinski definition) is 5. The summed E-state index contributed by atoms with van der Waals surface area (Å²) in [6.45, 7) is 8.21. The van der Waals surface area contributed by atoms with Crippen molar-refractivity contribution in [3.05, 3.63) is 23.8 Å². The Bertz CT molecular complexity index is 770. The van der Waals surface area contributed by atoms with Crippen LogP contribution in [0.2, 0.25) is 0 Å². The number of nitrogens with zero attached hydrogens (tertiary/aromatic N) is 3. The average molecular weight is 473 g/mol. The third-order valence-corrected chi connectivity index (χ3v) is 6.42. The van der Waals surface area contributed by atoms with E-state index in [1.807, 2.05) is 33.0 Å². The normalized spacial score (nSPS) is 17.6. The van der Waals surface area contributed by atoms with Crippen LogP contribution in [-0.2, 0) is 9.53 Å². The van der Waals surface area contributed by atoms with Crippen LogP contribution in [0.1, 0.15) is 84.1 Å². The van der Waals surface area contributed by atoms with E-state index >= 15 is 0 Å². The highest BCUT2D eigenvalue weighted by molar-refractivity contribution is 5.85. The number of nitrogens with one attached hydrogen (secondary N) is 1. The van der Waals surface area contributed by atoms with Crippen LogP contribution in [0.25, 0.3) is 0 Å². The lowest BCUT2D eigenvalue weighted by Gasteiger charge is -2.35. The van der Waals surface area contributed by atoms with Crippen molar-refractivity contribution in [2.45, 2.75) is 84.6 Å². The monoisotopic (exact) mass is 472 g/mol. The first-order valence-corrected chi connectivity index (χ1v) is 12.8. The summed E-state index contributed by atoms with van der Waals surface area (Å²) in [7, 11) is 3.19. The fourth-order valence-corrected chi connectivity index (χ4v) is 4.65. The van der Waals surface area contributed by atoms with E-state index in [1.54, 1.807) is 11.0 Å². The fourth-order valence-electron chi connectivity index (χ4n) is 4.65. The second-order valence-electron chi connectivity index (χ2n) is 8.77. The van der Waals surface area contributed by atoms with E-state index in [9.17, 15) is 14.9 Å². The Balaban J connectivity index is 0.000000402. The van der Waals surface area contributed by atoms with Crippen molar-refractivity contribution < 1.29 is 14.3 Å². The molecule has 1 heterocycles. The standard InChI is InChI=1S/C17H23N3O2.C8H15NO.C2H6/c1-3-5-13-6-4-9-20(12-13)16-8-7-15(10-14(16)11-18)19-17(21)22-2;1-9(7-10)8-5-3-2-4-6-8;1-2/h7-8,10,13H,3-6,9,12H2,1-2H3,(H,19,21);7-8H,2-6H2,1H3;1-2H3. The minimum absolute atomic E-state index is 0.530. The summed E-state index contributed by atoms with van der Waals surface area (Å²) in [6, 6.07) is 8.21. The van der Waals surface area contributed by atoms with E-state index in [0.29, 0.717) is 23.2 Å². The molecule has 3 rings (SSSR count). The van der Waals surface area contributed by atoms with Crippen molar-refractivity contribution >= 4 is 23.9 Å². The van der Waals surface area contributed by atoms with Gasteiger partial charge in [0.1, 0.15) is 6.07 Å². The molecule has 0 spiro atoms. The molecule has 1 atom stereocenters. The summed E-state index contributed by atoms with van der Waals surface area (Å²) in [5, 5.41) is 12.0. The van der Waals surface area contributed by atoms with Gasteiger partial charge in [-0.05, 0) is 56.2 Å². The van der Waals surface area contributed by atoms with Crippen molar-refractivity contribution in [1.82, 2.24) is 4.90 Å². The molecule has 1 unspecified atom stereocenters. The zero-order valence-electron chi connectivity index (χ0n) is 21.8. The summed E-state index contributed by atoms with van der Waals surface area (Å²) in [6.07, 6.45) is 11.6. The highest BCUT2D eigenvalue weighted by Gasteiger charge is 2.21. The summed E-state index contributed by atoms with van der Waals surface area (Å²) < 4.78 is 4.57. The quantitative estimate of drug-likeness (QED) is 0.499. The molecule has 7 nitrogen and oxygen atoms in total. The maximum atomic E-state index is 11.3. The molecule has 2 aliphatic rings.